The van der Waals surface area contributed by atoms with Gasteiger partial charge in [-0.25, -0.2) is 0 Å². The molecular formula is C25H25N5O. The summed E-state index contributed by atoms with van der Waals surface area (Å²) >= 11 is 0. The van der Waals surface area contributed by atoms with Crippen LogP contribution >= 0.6 is 0 Å². The first kappa shape index (κ1) is 19.3. The molecule has 5 rings (SSSR count). The summed E-state index contributed by atoms with van der Waals surface area (Å²) in [5, 5.41) is 4.29. The Morgan fingerprint density at radius 3 is 2.39 bits per heavy atom. The van der Waals surface area contributed by atoms with Crippen LogP contribution in [0.15, 0.2) is 61.1 Å². The number of carbonyl (C=O) groups excluding carboxylic acids is 1. The molecule has 1 aromatic carbocycles. The molecule has 1 aliphatic carbocycles. The number of ketones is 1. The smallest absolute Gasteiger partial charge is 0.165 e. The van der Waals surface area contributed by atoms with Crippen LogP contribution in [0, 0.1) is 5.41 Å². The summed E-state index contributed by atoms with van der Waals surface area (Å²) in [5.74, 6) is 6.81. The van der Waals surface area contributed by atoms with Gasteiger partial charge in [-0.1, -0.05) is 32.0 Å². The first-order valence-electron chi connectivity index (χ1n) is 10.4. The number of nitrogens with two attached hydrogens (primary N) is 1. The molecule has 31 heavy (non-hydrogen) atoms. The number of carbonyl (C=O) groups is 1. The summed E-state index contributed by atoms with van der Waals surface area (Å²) in [7, 11) is 1.92. The fraction of sp³-hybridized carbons (Fsp3) is 0.240. The molecule has 0 saturated carbocycles. The van der Waals surface area contributed by atoms with Crippen molar-refractivity contribution < 1.29 is 4.79 Å². The highest BCUT2D eigenvalue weighted by atomic mass is 16.1. The minimum Gasteiger partial charge on any atom is -0.339 e. The predicted molar refractivity (Wildman–Crippen MR) is 122 cm³/mol. The zero-order valence-electron chi connectivity index (χ0n) is 18.0. The second kappa shape index (κ2) is 6.94. The molecular weight excluding hydrogens is 386 g/mol. The third-order valence-corrected chi connectivity index (χ3v) is 6.09. The molecule has 4 aromatic rings. The van der Waals surface area contributed by atoms with Gasteiger partial charge < -0.3 is 5.84 Å². The van der Waals surface area contributed by atoms with Gasteiger partial charge in [-0.15, -0.1) is 0 Å². The van der Waals surface area contributed by atoms with Crippen LogP contribution in [-0.2, 0) is 13.5 Å². The van der Waals surface area contributed by atoms with Gasteiger partial charge in [-0.3, -0.25) is 19.1 Å². The normalized spacial score (nSPS) is 15.1. The minimum atomic E-state index is -0.122. The molecule has 0 spiro atoms. The number of nitrogens with zero attached hydrogens (tertiary/aromatic N) is 4. The highest BCUT2D eigenvalue weighted by molar-refractivity contribution is 6.08. The van der Waals surface area contributed by atoms with Crippen LogP contribution in [0.2, 0.25) is 0 Å². The standard InChI is InChI=1S/C25H25N5O/c1-25(2)14-20-23(21(31)15-25)22(24(30(20)26)16-7-10-27-11-8-16)18-6-4-5-17(13-18)19-9-12-28-29(19)3/h4-13H,14-15,26H2,1-3H3. The molecule has 2 N–H and O–H groups in total. The molecule has 0 bridgehead atoms. The number of pyridine rings is 1. The number of benzene rings is 1. The van der Waals surface area contributed by atoms with E-state index in [-0.39, 0.29) is 11.2 Å². The van der Waals surface area contributed by atoms with Crippen molar-refractivity contribution in [2.45, 2.75) is 26.7 Å². The van der Waals surface area contributed by atoms with Crippen molar-refractivity contribution in [1.82, 2.24) is 19.4 Å². The fourth-order valence-corrected chi connectivity index (χ4v) is 4.72. The van der Waals surface area contributed by atoms with Crippen molar-refractivity contribution in [3.8, 4) is 33.6 Å². The van der Waals surface area contributed by atoms with Crippen LogP contribution in [0.1, 0.15) is 36.3 Å². The van der Waals surface area contributed by atoms with Crippen molar-refractivity contribution in [2.24, 2.45) is 12.5 Å². The molecule has 0 saturated heterocycles. The maximum Gasteiger partial charge on any atom is 0.165 e. The molecule has 0 radical (unpaired) electrons. The maximum absolute atomic E-state index is 13.4. The van der Waals surface area contributed by atoms with E-state index in [2.05, 4.69) is 36.1 Å². The fourth-order valence-electron chi connectivity index (χ4n) is 4.72. The first-order valence-corrected chi connectivity index (χ1v) is 10.4. The van der Waals surface area contributed by atoms with Gasteiger partial charge in [-0.2, -0.15) is 5.10 Å². The number of rotatable bonds is 3. The average molecular weight is 412 g/mol. The van der Waals surface area contributed by atoms with E-state index < -0.39 is 0 Å². The first-order chi connectivity index (χ1) is 14.9. The summed E-state index contributed by atoms with van der Waals surface area (Å²) in [6.45, 7) is 4.24. The molecule has 0 fully saturated rings. The number of nitrogen functional groups attached to an aromatic ring is 1. The lowest BCUT2D eigenvalue weighted by atomic mass is 9.75. The lowest BCUT2D eigenvalue weighted by molar-refractivity contribution is 0.0911. The van der Waals surface area contributed by atoms with Crippen molar-refractivity contribution in [3.63, 3.8) is 0 Å². The Labute approximate surface area is 181 Å². The highest BCUT2D eigenvalue weighted by Crippen LogP contribution is 2.45. The van der Waals surface area contributed by atoms with Gasteiger partial charge in [0.2, 0.25) is 0 Å². The monoisotopic (exact) mass is 411 g/mol. The average Bonchev–Trinajstić information content (AvgIpc) is 3.29. The number of hydrogen-bond acceptors (Lipinski definition) is 4. The van der Waals surface area contributed by atoms with E-state index in [0.29, 0.717) is 6.42 Å². The summed E-state index contributed by atoms with van der Waals surface area (Å²) in [6, 6.07) is 14.1. The van der Waals surface area contributed by atoms with Crippen molar-refractivity contribution in [3.05, 3.63) is 72.3 Å². The second-order valence-electron chi connectivity index (χ2n) is 9.01. The molecule has 3 aromatic heterocycles. The van der Waals surface area contributed by atoms with Crippen LogP contribution in [0.5, 0.6) is 0 Å². The number of hydrogen-bond donors (Lipinski definition) is 1. The van der Waals surface area contributed by atoms with Gasteiger partial charge in [0.25, 0.3) is 0 Å². The SMILES string of the molecule is Cn1nccc1-c1cccc(-c2c3c(n(N)c2-c2ccncc2)CC(C)(C)CC3=O)c1. The Hall–Kier alpha value is -3.67. The third-order valence-electron chi connectivity index (χ3n) is 6.09. The highest BCUT2D eigenvalue weighted by Gasteiger charge is 2.38. The maximum atomic E-state index is 13.4. The van der Waals surface area contributed by atoms with Gasteiger partial charge in [0.1, 0.15) is 0 Å². The Balaban J connectivity index is 1.80. The van der Waals surface area contributed by atoms with Gasteiger partial charge in [0, 0.05) is 54.3 Å². The zero-order valence-corrected chi connectivity index (χ0v) is 18.0. The Kier molecular flexibility index (Phi) is 4.32. The number of aryl methyl sites for hydroxylation is 1. The molecule has 3 heterocycles. The van der Waals surface area contributed by atoms with Crippen LogP contribution in [0.25, 0.3) is 33.6 Å². The van der Waals surface area contributed by atoms with E-state index in [1.54, 1.807) is 23.3 Å². The van der Waals surface area contributed by atoms with Crippen molar-refractivity contribution >= 4 is 5.78 Å². The quantitative estimate of drug-likeness (QED) is 0.504. The number of aromatic nitrogens is 4. The van der Waals surface area contributed by atoms with Crippen molar-refractivity contribution in [1.29, 1.82) is 0 Å². The van der Waals surface area contributed by atoms with Crippen molar-refractivity contribution in [2.75, 3.05) is 5.84 Å². The third kappa shape index (κ3) is 3.15. The molecule has 6 nitrogen and oxygen atoms in total. The van der Waals surface area contributed by atoms with Gasteiger partial charge >= 0.3 is 0 Å². The number of Topliss-reactive ketones (excluding diaryl/α,β-unsaturated/α-hetero) is 1. The molecule has 1 aliphatic rings. The summed E-state index contributed by atoms with van der Waals surface area (Å²) in [6.07, 6.45) is 6.55. The van der Waals surface area contributed by atoms with Gasteiger partial charge in [0.15, 0.2) is 5.78 Å². The predicted octanol–water partition coefficient (Wildman–Crippen LogP) is 4.49. The zero-order chi connectivity index (χ0) is 21.8. The Bertz CT molecular complexity index is 1300. The topological polar surface area (TPSA) is 78.7 Å². The summed E-state index contributed by atoms with van der Waals surface area (Å²) in [4.78, 5) is 17.5. The van der Waals surface area contributed by atoms with Crippen LogP contribution in [0.3, 0.4) is 0 Å². The van der Waals surface area contributed by atoms with Crippen LogP contribution in [0.4, 0.5) is 0 Å². The van der Waals surface area contributed by atoms with Gasteiger partial charge in [-0.05, 0) is 41.7 Å². The molecule has 0 atom stereocenters. The molecule has 156 valence electrons. The Morgan fingerprint density at radius 1 is 0.935 bits per heavy atom. The van der Waals surface area contributed by atoms with Gasteiger partial charge in [0.05, 0.1) is 17.1 Å². The molecule has 0 amide bonds. The lowest BCUT2D eigenvalue weighted by Gasteiger charge is -2.29. The largest absolute Gasteiger partial charge is 0.339 e. The summed E-state index contributed by atoms with van der Waals surface area (Å²) in [5.41, 5.74) is 7.24. The minimum absolute atomic E-state index is 0.122. The lowest BCUT2D eigenvalue weighted by Crippen LogP contribution is -2.29. The van der Waals surface area contributed by atoms with Crippen LogP contribution in [-0.4, -0.2) is 25.2 Å². The van der Waals surface area contributed by atoms with E-state index in [1.807, 2.05) is 42.1 Å². The number of fused-ring (bicyclic) bond motifs is 1. The molecule has 0 aliphatic heterocycles. The second-order valence-corrected chi connectivity index (χ2v) is 9.01. The van der Waals surface area contributed by atoms with E-state index in [9.17, 15) is 4.79 Å². The molecule has 0 unspecified atom stereocenters. The van der Waals surface area contributed by atoms with E-state index in [1.165, 1.54) is 0 Å². The van der Waals surface area contributed by atoms with E-state index >= 15 is 0 Å². The summed E-state index contributed by atoms with van der Waals surface area (Å²) < 4.78 is 3.57. The van der Waals surface area contributed by atoms with Crippen LogP contribution < -0.4 is 5.84 Å². The molecule has 6 heteroatoms. The Morgan fingerprint density at radius 2 is 1.68 bits per heavy atom. The van der Waals surface area contributed by atoms with E-state index in [4.69, 9.17) is 5.84 Å². The van der Waals surface area contributed by atoms with E-state index in [0.717, 1.165) is 51.3 Å².